The van der Waals surface area contributed by atoms with Crippen molar-refractivity contribution in [2.45, 2.75) is 51.5 Å². The molecule has 106 valence electrons. The Hall–Kier alpha value is -0.660. The molecule has 2 atom stereocenters. The van der Waals surface area contributed by atoms with Crippen LogP contribution in [0.1, 0.15) is 46.0 Å². The summed E-state index contributed by atoms with van der Waals surface area (Å²) in [5.74, 6) is -1.29. The summed E-state index contributed by atoms with van der Waals surface area (Å²) in [6.07, 6.45) is 3.41. The number of rotatable bonds is 6. The van der Waals surface area contributed by atoms with Gasteiger partial charge >= 0.3 is 5.97 Å². The highest BCUT2D eigenvalue weighted by Crippen LogP contribution is 2.34. The summed E-state index contributed by atoms with van der Waals surface area (Å²) < 4.78 is 28.4. The van der Waals surface area contributed by atoms with Crippen LogP contribution in [0.4, 0.5) is 0 Å². The quantitative estimate of drug-likeness (QED) is 0.671. The molecule has 1 aliphatic carbocycles. The number of nitrogens with one attached hydrogen (secondary N) is 2. The lowest BCUT2D eigenvalue weighted by Gasteiger charge is -2.39. The van der Waals surface area contributed by atoms with E-state index in [9.17, 15) is 18.3 Å². The van der Waals surface area contributed by atoms with Gasteiger partial charge in [0.1, 0.15) is 5.54 Å². The monoisotopic (exact) mass is 278 g/mol. The molecule has 0 bridgehead atoms. The smallest absolute Gasteiger partial charge is 0.325 e. The Morgan fingerprint density at radius 3 is 2.61 bits per heavy atom. The standard InChI is InChI=1S/C11H22N2O4S/c1-3-8-12-18(16,17)13-11(10(14)15)7-5-4-6-9(11)2/h9,12-13H,3-8H2,1-2H3,(H,14,15). The molecule has 0 radical (unpaired) electrons. The summed E-state index contributed by atoms with van der Waals surface area (Å²) in [6, 6.07) is 0. The predicted molar refractivity (Wildman–Crippen MR) is 68.3 cm³/mol. The second-order valence-corrected chi connectivity index (χ2v) is 6.42. The number of aliphatic carboxylic acids is 1. The number of carbonyl (C=O) groups is 1. The van der Waals surface area contributed by atoms with E-state index >= 15 is 0 Å². The third kappa shape index (κ3) is 3.43. The molecular formula is C11H22N2O4S. The molecule has 0 amide bonds. The lowest BCUT2D eigenvalue weighted by molar-refractivity contribution is -0.147. The van der Waals surface area contributed by atoms with Crippen LogP contribution in [0.15, 0.2) is 0 Å². The first-order chi connectivity index (χ1) is 8.34. The first-order valence-corrected chi connectivity index (χ1v) is 7.84. The van der Waals surface area contributed by atoms with Gasteiger partial charge in [-0.1, -0.05) is 26.7 Å². The highest BCUT2D eigenvalue weighted by molar-refractivity contribution is 7.87. The molecule has 18 heavy (non-hydrogen) atoms. The van der Waals surface area contributed by atoms with Gasteiger partial charge in [0.15, 0.2) is 0 Å². The average Bonchev–Trinajstić information content (AvgIpc) is 2.29. The predicted octanol–water partition coefficient (Wildman–Crippen LogP) is 0.854. The van der Waals surface area contributed by atoms with E-state index in [1.807, 2.05) is 6.92 Å². The van der Waals surface area contributed by atoms with Gasteiger partial charge in [-0.05, 0) is 25.2 Å². The molecule has 0 aromatic rings. The third-order valence-electron chi connectivity index (χ3n) is 3.54. The Bertz CT molecular complexity index is 396. The van der Waals surface area contributed by atoms with Crippen molar-refractivity contribution in [3.8, 4) is 0 Å². The topological polar surface area (TPSA) is 95.5 Å². The summed E-state index contributed by atoms with van der Waals surface area (Å²) in [5, 5.41) is 9.39. The van der Waals surface area contributed by atoms with Crippen LogP contribution < -0.4 is 9.44 Å². The maximum Gasteiger partial charge on any atom is 0.325 e. The van der Waals surface area contributed by atoms with E-state index in [1.165, 1.54) is 0 Å². The van der Waals surface area contributed by atoms with Gasteiger partial charge < -0.3 is 5.11 Å². The molecule has 0 spiro atoms. The molecule has 0 aromatic heterocycles. The lowest BCUT2D eigenvalue weighted by Crippen LogP contribution is -2.61. The van der Waals surface area contributed by atoms with Crippen molar-refractivity contribution in [1.29, 1.82) is 0 Å². The van der Waals surface area contributed by atoms with Crippen LogP contribution in [0.5, 0.6) is 0 Å². The fourth-order valence-electron chi connectivity index (χ4n) is 2.37. The van der Waals surface area contributed by atoms with Gasteiger partial charge in [0.25, 0.3) is 10.2 Å². The molecule has 0 aliphatic heterocycles. The second-order valence-electron chi connectivity index (χ2n) is 4.92. The first-order valence-electron chi connectivity index (χ1n) is 6.36. The van der Waals surface area contributed by atoms with Crippen LogP contribution >= 0.6 is 0 Å². The number of hydrogen-bond acceptors (Lipinski definition) is 3. The molecular weight excluding hydrogens is 256 g/mol. The van der Waals surface area contributed by atoms with Crippen molar-refractivity contribution in [1.82, 2.24) is 9.44 Å². The molecule has 2 unspecified atom stereocenters. The first kappa shape index (κ1) is 15.4. The number of carboxylic acid groups (broad SMARTS) is 1. The van der Waals surface area contributed by atoms with Gasteiger partial charge in [-0.15, -0.1) is 0 Å². The fraction of sp³-hybridized carbons (Fsp3) is 0.909. The van der Waals surface area contributed by atoms with Gasteiger partial charge in [0, 0.05) is 6.54 Å². The van der Waals surface area contributed by atoms with E-state index in [0.717, 1.165) is 19.3 Å². The zero-order valence-corrected chi connectivity index (χ0v) is 11.7. The van der Waals surface area contributed by atoms with Crippen molar-refractivity contribution in [3.05, 3.63) is 0 Å². The van der Waals surface area contributed by atoms with Crippen molar-refractivity contribution in [2.24, 2.45) is 5.92 Å². The molecule has 1 rings (SSSR count). The van der Waals surface area contributed by atoms with Crippen LogP contribution in [0.3, 0.4) is 0 Å². The molecule has 1 saturated carbocycles. The normalized spacial score (nSPS) is 29.1. The minimum Gasteiger partial charge on any atom is -0.480 e. The molecule has 0 heterocycles. The Balaban J connectivity index is 2.89. The summed E-state index contributed by atoms with van der Waals surface area (Å²) in [7, 11) is -3.76. The molecule has 1 fully saturated rings. The fourth-order valence-corrected chi connectivity index (χ4v) is 3.79. The van der Waals surface area contributed by atoms with Gasteiger partial charge in [-0.2, -0.15) is 13.1 Å². The van der Waals surface area contributed by atoms with E-state index < -0.39 is 21.7 Å². The highest BCUT2D eigenvalue weighted by atomic mass is 32.2. The van der Waals surface area contributed by atoms with Gasteiger partial charge in [0.05, 0.1) is 0 Å². The zero-order chi connectivity index (χ0) is 13.8. The van der Waals surface area contributed by atoms with Crippen LogP contribution in [-0.2, 0) is 15.0 Å². The van der Waals surface area contributed by atoms with Gasteiger partial charge in [-0.3, -0.25) is 4.79 Å². The summed E-state index contributed by atoms with van der Waals surface area (Å²) in [6.45, 7) is 3.94. The van der Waals surface area contributed by atoms with Crippen molar-refractivity contribution in [3.63, 3.8) is 0 Å². The molecule has 0 aromatic carbocycles. The molecule has 0 saturated heterocycles. The van der Waals surface area contributed by atoms with Crippen molar-refractivity contribution >= 4 is 16.2 Å². The minimum atomic E-state index is -3.76. The van der Waals surface area contributed by atoms with E-state index in [-0.39, 0.29) is 5.92 Å². The Morgan fingerprint density at radius 1 is 1.44 bits per heavy atom. The summed E-state index contributed by atoms with van der Waals surface area (Å²) in [4.78, 5) is 11.5. The van der Waals surface area contributed by atoms with E-state index in [2.05, 4.69) is 9.44 Å². The van der Waals surface area contributed by atoms with Crippen molar-refractivity contribution < 1.29 is 18.3 Å². The number of hydrogen-bond donors (Lipinski definition) is 3. The van der Waals surface area contributed by atoms with E-state index in [1.54, 1.807) is 6.92 Å². The highest BCUT2D eigenvalue weighted by Gasteiger charge is 2.47. The Morgan fingerprint density at radius 2 is 2.11 bits per heavy atom. The van der Waals surface area contributed by atoms with E-state index in [4.69, 9.17) is 0 Å². The van der Waals surface area contributed by atoms with Gasteiger partial charge in [-0.25, -0.2) is 4.72 Å². The van der Waals surface area contributed by atoms with Crippen molar-refractivity contribution in [2.75, 3.05) is 6.54 Å². The maximum absolute atomic E-state index is 11.8. The molecule has 6 nitrogen and oxygen atoms in total. The second kappa shape index (κ2) is 5.99. The lowest BCUT2D eigenvalue weighted by atomic mass is 9.74. The maximum atomic E-state index is 11.8. The van der Waals surface area contributed by atoms with Crippen LogP contribution in [0.25, 0.3) is 0 Å². The number of carboxylic acids is 1. The average molecular weight is 278 g/mol. The van der Waals surface area contributed by atoms with Crippen LogP contribution in [0, 0.1) is 5.92 Å². The van der Waals surface area contributed by atoms with Crippen LogP contribution in [0.2, 0.25) is 0 Å². The molecule has 1 aliphatic rings. The van der Waals surface area contributed by atoms with E-state index in [0.29, 0.717) is 19.4 Å². The van der Waals surface area contributed by atoms with Gasteiger partial charge in [0.2, 0.25) is 0 Å². The third-order valence-corrected chi connectivity index (χ3v) is 4.76. The Kier molecular flexibility index (Phi) is 5.12. The summed E-state index contributed by atoms with van der Waals surface area (Å²) in [5.41, 5.74) is -1.36. The molecule has 7 heteroatoms. The largest absolute Gasteiger partial charge is 0.480 e. The zero-order valence-electron chi connectivity index (χ0n) is 10.9. The SMILES string of the molecule is CCCNS(=O)(=O)NC1(C(=O)O)CCCCC1C. The minimum absolute atomic E-state index is 0.207. The Labute approximate surface area is 108 Å². The molecule has 3 N–H and O–H groups in total. The van der Waals surface area contributed by atoms with Crippen LogP contribution in [-0.4, -0.2) is 31.6 Å². The summed E-state index contributed by atoms with van der Waals surface area (Å²) >= 11 is 0.